The first-order valence-electron chi connectivity index (χ1n) is 5.11. The Balaban J connectivity index is 2.56. The molecular weight excluding hydrogens is 194 g/mol. The Morgan fingerprint density at radius 3 is 2.67 bits per heavy atom. The number of aromatic nitrogens is 3. The predicted molar refractivity (Wildman–Crippen MR) is 55.3 cm³/mol. The molecule has 0 atom stereocenters. The molecule has 1 aromatic heterocycles. The summed E-state index contributed by atoms with van der Waals surface area (Å²) < 4.78 is 6.68. The van der Waals surface area contributed by atoms with E-state index < -0.39 is 0 Å². The molecule has 1 rings (SSSR count). The van der Waals surface area contributed by atoms with Gasteiger partial charge in [-0.25, -0.2) is 4.68 Å². The summed E-state index contributed by atoms with van der Waals surface area (Å²) in [5, 5.41) is 7.62. The van der Waals surface area contributed by atoms with Gasteiger partial charge in [-0.05, 0) is 5.92 Å². The fourth-order valence-corrected chi connectivity index (χ4v) is 1.01. The molecule has 15 heavy (non-hydrogen) atoms. The fourth-order valence-electron chi connectivity index (χ4n) is 1.01. The zero-order chi connectivity index (χ0) is 11.4. The van der Waals surface area contributed by atoms with Crippen molar-refractivity contribution in [3.8, 4) is 5.88 Å². The van der Waals surface area contributed by atoms with Crippen LogP contribution in [0.3, 0.4) is 0 Å². The van der Waals surface area contributed by atoms with Gasteiger partial charge in [0.1, 0.15) is 0 Å². The average Bonchev–Trinajstić information content (AvgIpc) is 2.51. The average molecular weight is 211 g/mol. The van der Waals surface area contributed by atoms with Crippen molar-refractivity contribution in [3.63, 3.8) is 0 Å². The van der Waals surface area contributed by atoms with E-state index in [1.54, 1.807) is 24.7 Å². The Labute approximate surface area is 89.4 Å². The highest BCUT2D eigenvalue weighted by Crippen LogP contribution is 2.08. The van der Waals surface area contributed by atoms with Crippen LogP contribution in [0, 0.1) is 11.8 Å². The number of esters is 1. The maximum Gasteiger partial charge on any atom is 0.315 e. The third kappa shape index (κ3) is 3.69. The van der Waals surface area contributed by atoms with Gasteiger partial charge in [0, 0.05) is 6.54 Å². The van der Waals surface area contributed by atoms with Gasteiger partial charge in [0.05, 0.1) is 12.1 Å². The Kier molecular flexibility index (Phi) is 3.82. The van der Waals surface area contributed by atoms with Crippen molar-refractivity contribution >= 4 is 5.97 Å². The molecule has 0 aliphatic rings. The molecule has 1 aromatic rings. The van der Waals surface area contributed by atoms with Crippen molar-refractivity contribution in [1.82, 2.24) is 15.0 Å². The van der Waals surface area contributed by atoms with Crippen LogP contribution in [0.25, 0.3) is 0 Å². The normalized spacial score (nSPS) is 11.1. The van der Waals surface area contributed by atoms with E-state index in [0.29, 0.717) is 5.92 Å². The summed E-state index contributed by atoms with van der Waals surface area (Å²) in [4.78, 5) is 11.2. The number of nitrogens with zero attached hydrogens (tertiary/aromatic N) is 3. The smallest absolute Gasteiger partial charge is 0.315 e. The summed E-state index contributed by atoms with van der Waals surface area (Å²) in [5.41, 5.74) is 0. The van der Waals surface area contributed by atoms with Crippen molar-refractivity contribution in [1.29, 1.82) is 0 Å². The van der Waals surface area contributed by atoms with Crippen LogP contribution in [0.1, 0.15) is 27.7 Å². The lowest BCUT2D eigenvalue weighted by atomic mass is 10.2. The molecule has 0 fully saturated rings. The van der Waals surface area contributed by atoms with Crippen LogP contribution in [0.4, 0.5) is 0 Å². The number of carbonyl (C=O) groups is 1. The number of rotatable bonds is 4. The lowest BCUT2D eigenvalue weighted by Gasteiger charge is -2.03. The van der Waals surface area contributed by atoms with E-state index in [4.69, 9.17) is 4.74 Å². The van der Waals surface area contributed by atoms with Crippen LogP contribution in [-0.2, 0) is 11.3 Å². The molecule has 0 aliphatic heterocycles. The summed E-state index contributed by atoms with van der Waals surface area (Å²) in [7, 11) is 0. The van der Waals surface area contributed by atoms with Gasteiger partial charge >= 0.3 is 5.97 Å². The minimum absolute atomic E-state index is 0.153. The highest BCUT2D eigenvalue weighted by atomic mass is 16.5. The Morgan fingerprint density at radius 2 is 2.13 bits per heavy atom. The molecule has 5 nitrogen and oxygen atoms in total. The SMILES string of the molecule is CC(C)Cn1cc(OC(=O)C(C)C)nn1. The Hall–Kier alpha value is -1.39. The monoisotopic (exact) mass is 211 g/mol. The lowest BCUT2D eigenvalue weighted by molar-refractivity contribution is -0.138. The lowest BCUT2D eigenvalue weighted by Crippen LogP contribution is -2.14. The van der Waals surface area contributed by atoms with E-state index in [1.165, 1.54) is 0 Å². The first-order valence-corrected chi connectivity index (χ1v) is 5.11. The fraction of sp³-hybridized carbons (Fsp3) is 0.700. The molecule has 5 heteroatoms. The predicted octanol–water partition coefficient (Wildman–Crippen LogP) is 1.50. The van der Waals surface area contributed by atoms with Crippen molar-refractivity contribution in [2.24, 2.45) is 11.8 Å². The second-order valence-electron chi connectivity index (χ2n) is 4.25. The van der Waals surface area contributed by atoms with Crippen LogP contribution in [0.15, 0.2) is 6.20 Å². The van der Waals surface area contributed by atoms with Crippen LogP contribution in [0.2, 0.25) is 0 Å². The van der Waals surface area contributed by atoms with Gasteiger partial charge in [-0.2, -0.15) is 0 Å². The largest absolute Gasteiger partial charge is 0.404 e. The first-order chi connectivity index (χ1) is 6.99. The van der Waals surface area contributed by atoms with Crippen molar-refractivity contribution in [2.45, 2.75) is 34.2 Å². The zero-order valence-electron chi connectivity index (χ0n) is 9.60. The molecule has 0 saturated carbocycles. The van der Waals surface area contributed by atoms with Crippen LogP contribution >= 0.6 is 0 Å². The number of ether oxygens (including phenoxy) is 1. The number of hydrogen-bond donors (Lipinski definition) is 0. The van der Waals surface area contributed by atoms with Crippen molar-refractivity contribution < 1.29 is 9.53 Å². The van der Waals surface area contributed by atoms with Gasteiger partial charge in [-0.3, -0.25) is 4.79 Å². The molecule has 0 amide bonds. The van der Waals surface area contributed by atoms with Crippen LogP contribution < -0.4 is 4.74 Å². The third-order valence-electron chi connectivity index (χ3n) is 1.75. The summed E-state index contributed by atoms with van der Waals surface area (Å²) in [6.07, 6.45) is 1.64. The second kappa shape index (κ2) is 4.91. The van der Waals surface area contributed by atoms with E-state index in [1.807, 2.05) is 0 Å². The zero-order valence-corrected chi connectivity index (χ0v) is 9.60. The van der Waals surface area contributed by atoms with E-state index in [2.05, 4.69) is 24.2 Å². The molecule has 0 saturated heterocycles. The van der Waals surface area contributed by atoms with Gasteiger partial charge in [0.2, 0.25) is 0 Å². The molecular formula is C10H17N3O2. The van der Waals surface area contributed by atoms with Crippen LogP contribution in [-0.4, -0.2) is 21.0 Å². The molecule has 0 spiro atoms. The molecule has 0 aliphatic carbocycles. The number of hydrogen-bond acceptors (Lipinski definition) is 4. The van der Waals surface area contributed by atoms with Crippen molar-refractivity contribution in [2.75, 3.05) is 0 Å². The summed E-state index contributed by atoms with van der Waals surface area (Å²) in [6, 6.07) is 0. The quantitative estimate of drug-likeness (QED) is 0.708. The van der Waals surface area contributed by atoms with Gasteiger partial charge < -0.3 is 4.74 Å². The Bertz CT molecular complexity index is 331. The van der Waals surface area contributed by atoms with E-state index >= 15 is 0 Å². The Morgan fingerprint density at radius 1 is 1.47 bits per heavy atom. The maximum absolute atomic E-state index is 11.2. The molecule has 1 heterocycles. The van der Waals surface area contributed by atoms with E-state index in [-0.39, 0.29) is 17.8 Å². The highest BCUT2D eigenvalue weighted by Gasteiger charge is 2.12. The summed E-state index contributed by atoms with van der Waals surface area (Å²) in [5.74, 6) is 0.321. The van der Waals surface area contributed by atoms with Gasteiger partial charge in [0.25, 0.3) is 5.88 Å². The molecule has 0 unspecified atom stereocenters. The molecule has 84 valence electrons. The van der Waals surface area contributed by atoms with Gasteiger partial charge in [0.15, 0.2) is 0 Å². The summed E-state index contributed by atoms with van der Waals surface area (Å²) >= 11 is 0. The highest BCUT2D eigenvalue weighted by molar-refractivity contribution is 5.73. The van der Waals surface area contributed by atoms with E-state index in [9.17, 15) is 4.79 Å². The van der Waals surface area contributed by atoms with Crippen LogP contribution in [0.5, 0.6) is 5.88 Å². The summed E-state index contributed by atoms with van der Waals surface area (Å²) in [6.45, 7) is 8.50. The molecule has 0 aromatic carbocycles. The third-order valence-corrected chi connectivity index (χ3v) is 1.75. The van der Waals surface area contributed by atoms with Gasteiger partial charge in [-0.1, -0.05) is 38.0 Å². The molecule has 0 N–H and O–H groups in total. The minimum Gasteiger partial charge on any atom is -0.404 e. The molecule has 0 bridgehead atoms. The second-order valence-corrected chi connectivity index (χ2v) is 4.25. The topological polar surface area (TPSA) is 57.0 Å². The first kappa shape index (κ1) is 11.7. The maximum atomic E-state index is 11.2. The minimum atomic E-state index is -0.286. The van der Waals surface area contributed by atoms with E-state index in [0.717, 1.165) is 6.54 Å². The van der Waals surface area contributed by atoms with Crippen molar-refractivity contribution in [3.05, 3.63) is 6.20 Å². The van der Waals surface area contributed by atoms with Gasteiger partial charge in [-0.15, -0.1) is 0 Å². The number of carbonyl (C=O) groups excluding carboxylic acids is 1. The molecule has 0 radical (unpaired) electrons. The standard InChI is InChI=1S/C10H17N3O2/c1-7(2)5-13-6-9(11-12-13)15-10(14)8(3)4/h6-8H,5H2,1-4H3.